The van der Waals surface area contributed by atoms with Crippen molar-refractivity contribution in [2.75, 3.05) is 0 Å². The molecule has 0 amide bonds. The highest BCUT2D eigenvalue weighted by molar-refractivity contribution is 5.32. The largest absolute Gasteiger partial charge is 0.325 e. The topological polar surface area (TPSA) is 69.2 Å². The fourth-order valence-electron chi connectivity index (χ4n) is 1.39. The molecule has 0 aliphatic carbocycles. The second-order valence-corrected chi connectivity index (χ2v) is 4.43. The standard InChI is InChI=1S/C12H18N2O2/c1-3-12(2,13)9-8-10-4-6-11(7-5-10)14(15)16/h4-7H,3,8-9,13H2,1-2H3. The number of benzene rings is 1. The Morgan fingerprint density at radius 2 is 1.94 bits per heavy atom. The van der Waals surface area contributed by atoms with Gasteiger partial charge < -0.3 is 5.73 Å². The van der Waals surface area contributed by atoms with Crippen LogP contribution in [0.15, 0.2) is 24.3 Å². The van der Waals surface area contributed by atoms with Crippen molar-refractivity contribution < 1.29 is 4.92 Å². The number of hydrogen-bond acceptors (Lipinski definition) is 3. The van der Waals surface area contributed by atoms with Gasteiger partial charge in [-0.3, -0.25) is 10.1 Å². The molecule has 16 heavy (non-hydrogen) atoms. The second-order valence-electron chi connectivity index (χ2n) is 4.43. The molecule has 0 radical (unpaired) electrons. The van der Waals surface area contributed by atoms with Crippen molar-refractivity contribution in [3.63, 3.8) is 0 Å². The molecule has 0 bridgehead atoms. The Kier molecular flexibility index (Phi) is 4.01. The summed E-state index contributed by atoms with van der Waals surface area (Å²) < 4.78 is 0. The first-order valence-electron chi connectivity index (χ1n) is 5.47. The first-order valence-corrected chi connectivity index (χ1v) is 5.47. The van der Waals surface area contributed by atoms with Crippen LogP contribution in [-0.2, 0) is 6.42 Å². The normalized spacial score (nSPS) is 14.4. The van der Waals surface area contributed by atoms with Crippen molar-refractivity contribution in [3.05, 3.63) is 39.9 Å². The summed E-state index contributed by atoms with van der Waals surface area (Å²) in [4.78, 5) is 10.1. The lowest BCUT2D eigenvalue weighted by atomic mass is 9.92. The maximum atomic E-state index is 10.5. The Bertz CT molecular complexity index is 358. The van der Waals surface area contributed by atoms with Crippen molar-refractivity contribution in [1.82, 2.24) is 0 Å². The van der Waals surface area contributed by atoms with Crippen LogP contribution in [0.3, 0.4) is 0 Å². The molecule has 0 fully saturated rings. The molecule has 88 valence electrons. The van der Waals surface area contributed by atoms with Gasteiger partial charge in [0.1, 0.15) is 0 Å². The molecule has 0 spiro atoms. The Morgan fingerprint density at radius 3 is 2.38 bits per heavy atom. The SMILES string of the molecule is CCC(C)(N)CCc1ccc([N+](=O)[O-])cc1. The lowest BCUT2D eigenvalue weighted by molar-refractivity contribution is -0.384. The summed E-state index contributed by atoms with van der Waals surface area (Å²) in [7, 11) is 0. The van der Waals surface area contributed by atoms with Gasteiger partial charge in [-0.2, -0.15) is 0 Å². The Balaban J connectivity index is 2.59. The number of nitrogens with zero attached hydrogens (tertiary/aromatic N) is 1. The van der Waals surface area contributed by atoms with Gasteiger partial charge in [0.05, 0.1) is 4.92 Å². The van der Waals surface area contributed by atoms with Gasteiger partial charge in [-0.05, 0) is 31.7 Å². The van der Waals surface area contributed by atoms with Gasteiger partial charge in [0.2, 0.25) is 0 Å². The van der Waals surface area contributed by atoms with Crippen LogP contribution < -0.4 is 5.73 Å². The van der Waals surface area contributed by atoms with Crippen LogP contribution in [0.1, 0.15) is 32.3 Å². The van der Waals surface area contributed by atoms with Gasteiger partial charge in [0.25, 0.3) is 5.69 Å². The van der Waals surface area contributed by atoms with E-state index in [1.165, 1.54) is 12.1 Å². The molecule has 0 saturated heterocycles. The van der Waals surface area contributed by atoms with Gasteiger partial charge in [-0.1, -0.05) is 19.1 Å². The maximum absolute atomic E-state index is 10.5. The van der Waals surface area contributed by atoms with Crippen LogP contribution in [0.25, 0.3) is 0 Å². The van der Waals surface area contributed by atoms with Crippen molar-refractivity contribution >= 4 is 5.69 Å². The third kappa shape index (κ3) is 3.62. The Morgan fingerprint density at radius 1 is 1.38 bits per heavy atom. The highest BCUT2D eigenvalue weighted by Gasteiger charge is 2.15. The molecule has 1 atom stereocenters. The molecule has 1 rings (SSSR count). The number of nitro groups is 1. The molecule has 1 unspecified atom stereocenters. The molecular formula is C12H18N2O2. The highest BCUT2D eigenvalue weighted by Crippen LogP contribution is 2.17. The molecule has 0 heterocycles. The van der Waals surface area contributed by atoms with Gasteiger partial charge in [-0.25, -0.2) is 0 Å². The average Bonchev–Trinajstić information content (AvgIpc) is 2.27. The van der Waals surface area contributed by atoms with E-state index in [9.17, 15) is 10.1 Å². The maximum Gasteiger partial charge on any atom is 0.269 e. The minimum Gasteiger partial charge on any atom is -0.325 e. The van der Waals surface area contributed by atoms with Gasteiger partial charge >= 0.3 is 0 Å². The molecule has 0 saturated carbocycles. The van der Waals surface area contributed by atoms with E-state index in [2.05, 4.69) is 6.92 Å². The third-order valence-corrected chi connectivity index (χ3v) is 2.94. The van der Waals surface area contributed by atoms with Crippen molar-refractivity contribution in [2.24, 2.45) is 5.73 Å². The summed E-state index contributed by atoms with van der Waals surface area (Å²) in [5.41, 5.74) is 7.11. The molecule has 0 aliphatic heterocycles. The Hall–Kier alpha value is -1.42. The van der Waals surface area contributed by atoms with E-state index in [0.29, 0.717) is 0 Å². The fourth-order valence-corrected chi connectivity index (χ4v) is 1.39. The van der Waals surface area contributed by atoms with Crippen LogP contribution in [-0.4, -0.2) is 10.5 Å². The second kappa shape index (κ2) is 5.07. The van der Waals surface area contributed by atoms with E-state index in [4.69, 9.17) is 5.73 Å². The van der Waals surface area contributed by atoms with E-state index in [1.54, 1.807) is 12.1 Å². The minimum absolute atomic E-state index is 0.134. The number of aryl methyl sites for hydroxylation is 1. The summed E-state index contributed by atoms with van der Waals surface area (Å²) in [6.45, 7) is 4.09. The number of non-ortho nitro benzene ring substituents is 1. The predicted molar refractivity (Wildman–Crippen MR) is 64.3 cm³/mol. The number of nitrogens with two attached hydrogens (primary N) is 1. The number of rotatable bonds is 5. The molecule has 4 heteroatoms. The summed E-state index contributed by atoms with van der Waals surface area (Å²) in [5, 5.41) is 10.5. The van der Waals surface area contributed by atoms with Crippen LogP contribution in [0.4, 0.5) is 5.69 Å². The summed E-state index contributed by atoms with van der Waals surface area (Å²) in [6, 6.07) is 6.66. The fraction of sp³-hybridized carbons (Fsp3) is 0.500. The summed E-state index contributed by atoms with van der Waals surface area (Å²) in [6.07, 6.45) is 2.68. The lowest BCUT2D eigenvalue weighted by Gasteiger charge is -2.22. The first kappa shape index (κ1) is 12.6. The van der Waals surface area contributed by atoms with Crippen molar-refractivity contribution in [1.29, 1.82) is 0 Å². The van der Waals surface area contributed by atoms with Gasteiger partial charge in [0.15, 0.2) is 0 Å². The van der Waals surface area contributed by atoms with Crippen LogP contribution >= 0.6 is 0 Å². The molecule has 0 aromatic heterocycles. The van der Waals surface area contributed by atoms with Crippen molar-refractivity contribution in [2.45, 2.75) is 38.6 Å². The summed E-state index contributed by atoms with van der Waals surface area (Å²) in [5.74, 6) is 0. The van der Waals surface area contributed by atoms with E-state index in [-0.39, 0.29) is 16.1 Å². The monoisotopic (exact) mass is 222 g/mol. The lowest BCUT2D eigenvalue weighted by Crippen LogP contribution is -2.35. The van der Waals surface area contributed by atoms with Crippen LogP contribution in [0.5, 0.6) is 0 Å². The smallest absolute Gasteiger partial charge is 0.269 e. The van der Waals surface area contributed by atoms with E-state index >= 15 is 0 Å². The van der Waals surface area contributed by atoms with Crippen LogP contribution in [0.2, 0.25) is 0 Å². The zero-order valence-electron chi connectivity index (χ0n) is 9.77. The van der Waals surface area contributed by atoms with Gasteiger partial charge in [-0.15, -0.1) is 0 Å². The Labute approximate surface area is 95.6 Å². The quantitative estimate of drug-likeness (QED) is 0.615. The van der Waals surface area contributed by atoms with Crippen LogP contribution in [0, 0.1) is 10.1 Å². The minimum atomic E-state index is -0.386. The zero-order valence-corrected chi connectivity index (χ0v) is 9.77. The van der Waals surface area contributed by atoms with E-state index in [1.807, 2.05) is 6.92 Å². The number of hydrogen-bond donors (Lipinski definition) is 1. The van der Waals surface area contributed by atoms with Gasteiger partial charge in [0, 0.05) is 17.7 Å². The third-order valence-electron chi connectivity index (χ3n) is 2.94. The summed E-state index contributed by atoms with van der Waals surface area (Å²) >= 11 is 0. The molecule has 4 nitrogen and oxygen atoms in total. The van der Waals surface area contributed by atoms with E-state index < -0.39 is 0 Å². The molecule has 2 N–H and O–H groups in total. The molecule has 1 aromatic rings. The number of nitro benzene ring substituents is 1. The zero-order chi connectivity index (χ0) is 12.2. The van der Waals surface area contributed by atoms with E-state index in [0.717, 1.165) is 24.8 Å². The highest BCUT2D eigenvalue weighted by atomic mass is 16.6. The average molecular weight is 222 g/mol. The molecule has 0 aliphatic rings. The van der Waals surface area contributed by atoms with Crippen molar-refractivity contribution in [3.8, 4) is 0 Å². The first-order chi connectivity index (χ1) is 7.44. The predicted octanol–water partition coefficient (Wildman–Crippen LogP) is 2.65. The molecule has 1 aromatic carbocycles. The molecular weight excluding hydrogens is 204 g/mol.